The third-order valence-corrected chi connectivity index (χ3v) is 3.03. The molecule has 1 aromatic carbocycles. The summed E-state index contributed by atoms with van der Waals surface area (Å²) >= 11 is 0. The highest BCUT2D eigenvalue weighted by atomic mass is 16.3. The summed E-state index contributed by atoms with van der Waals surface area (Å²) in [6.45, 7) is 4.33. The third-order valence-electron chi connectivity index (χ3n) is 3.03. The summed E-state index contributed by atoms with van der Waals surface area (Å²) in [5.74, 6) is 0.524. The monoisotopic (exact) mass is 176 g/mol. The number of rotatable bonds is 1. The first-order chi connectivity index (χ1) is 6.22. The summed E-state index contributed by atoms with van der Waals surface area (Å²) in [5, 5.41) is 9.77. The second-order valence-electron chi connectivity index (χ2n) is 3.97. The van der Waals surface area contributed by atoms with Crippen LogP contribution in [0.1, 0.15) is 49.0 Å². The minimum absolute atomic E-state index is 0.225. The molecule has 0 amide bonds. The van der Waals surface area contributed by atoms with E-state index in [0.717, 1.165) is 18.4 Å². The van der Waals surface area contributed by atoms with E-state index in [0.29, 0.717) is 5.92 Å². The van der Waals surface area contributed by atoms with Crippen molar-refractivity contribution in [1.82, 2.24) is 0 Å². The highest BCUT2D eigenvalue weighted by Crippen LogP contribution is 2.40. The first kappa shape index (κ1) is 8.76. The van der Waals surface area contributed by atoms with Gasteiger partial charge in [-0.25, -0.2) is 0 Å². The fourth-order valence-corrected chi connectivity index (χ4v) is 2.17. The summed E-state index contributed by atoms with van der Waals surface area (Å²) in [7, 11) is 0. The van der Waals surface area contributed by atoms with Crippen LogP contribution < -0.4 is 0 Å². The predicted molar refractivity (Wildman–Crippen MR) is 53.8 cm³/mol. The van der Waals surface area contributed by atoms with Gasteiger partial charge in [0.2, 0.25) is 0 Å². The third kappa shape index (κ3) is 1.37. The van der Waals surface area contributed by atoms with Crippen LogP contribution in [0.2, 0.25) is 0 Å². The summed E-state index contributed by atoms with van der Waals surface area (Å²) in [4.78, 5) is 0. The Morgan fingerprint density at radius 1 is 1.38 bits per heavy atom. The molecule has 1 N–H and O–H groups in total. The zero-order valence-electron chi connectivity index (χ0n) is 8.25. The van der Waals surface area contributed by atoms with Gasteiger partial charge in [-0.15, -0.1) is 0 Å². The van der Waals surface area contributed by atoms with Gasteiger partial charge in [0, 0.05) is 0 Å². The van der Waals surface area contributed by atoms with Crippen LogP contribution >= 0.6 is 0 Å². The Hall–Kier alpha value is -0.820. The van der Waals surface area contributed by atoms with Gasteiger partial charge in [-0.1, -0.05) is 32.0 Å². The molecule has 1 aliphatic carbocycles. The van der Waals surface area contributed by atoms with Crippen LogP contribution in [0.3, 0.4) is 0 Å². The first-order valence-corrected chi connectivity index (χ1v) is 5.03. The second kappa shape index (κ2) is 3.15. The Bertz CT molecular complexity index is 317. The molecule has 0 radical (unpaired) electrons. The Labute approximate surface area is 79.4 Å². The Kier molecular flexibility index (Phi) is 2.12. The molecule has 0 saturated heterocycles. The van der Waals surface area contributed by atoms with Gasteiger partial charge < -0.3 is 5.11 Å². The number of aliphatic hydroxyl groups excluding tert-OH is 1. The van der Waals surface area contributed by atoms with Crippen molar-refractivity contribution in [2.24, 2.45) is 0 Å². The van der Waals surface area contributed by atoms with Gasteiger partial charge in [-0.3, -0.25) is 0 Å². The van der Waals surface area contributed by atoms with E-state index in [1.807, 2.05) is 0 Å². The fourth-order valence-electron chi connectivity index (χ4n) is 2.17. The molecule has 1 nitrogen and oxygen atoms in total. The SMILES string of the molecule is CCc1ccc2c(c1)C(O)CC2C. The topological polar surface area (TPSA) is 20.2 Å². The highest BCUT2D eigenvalue weighted by Gasteiger charge is 2.26. The lowest BCUT2D eigenvalue weighted by Gasteiger charge is -2.06. The number of aryl methyl sites for hydroxylation is 1. The Morgan fingerprint density at radius 3 is 2.85 bits per heavy atom. The zero-order chi connectivity index (χ0) is 9.42. The van der Waals surface area contributed by atoms with Crippen molar-refractivity contribution in [1.29, 1.82) is 0 Å². The van der Waals surface area contributed by atoms with E-state index in [4.69, 9.17) is 0 Å². The summed E-state index contributed by atoms with van der Waals surface area (Å²) in [6, 6.07) is 6.51. The summed E-state index contributed by atoms with van der Waals surface area (Å²) in [6.07, 6.45) is 1.72. The normalized spacial score (nSPS) is 26.1. The highest BCUT2D eigenvalue weighted by molar-refractivity contribution is 5.39. The molecule has 1 aliphatic rings. The zero-order valence-corrected chi connectivity index (χ0v) is 8.25. The second-order valence-corrected chi connectivity index (χ2v) is 3.97. The van der Waals surface area contributed by atoms with E-state index in [1.54, 1.807) is 0 Å². The van der Waals surface area contributed by atoms with E-state index in [-0.39, 0.29) is 6.10 Å². The van der Waals surface area contributed by atoms with E-state index in [2.05, 4.69) is 32.0 Å². The maximum Gasteiger partial charge on any atom is 0.0798 e. The van der Waals surface area contributed by atoms with Gasteiger partial charge in [0.15, 0.2) is 0 Å². The van der Waals surface area contributed by atoms with Crippen LogP contribution in [-0.2, 0) is 6.42 Å². The van der Waals surface area contributed by atoms with Crippen molar-refractivity contribution >= 4 is 0 Å². The van der Waals surface area contributed by atoms with E-state index < -0.39 is 0 Å². The van der Waals surface area contributed by atoms with Gasteiger partial charge >= 0.3 is 0 Å². The van der Waals surface area contributed by atoms with Gasteiger partial charge in [0.05, 0.1) is 6.10 Å². The van der Waals surface area contributed by atoms with E-state index in [1.165, 1.54) is 11.1 Å². The lowest BCUT2D eigenvalue weighted by molar-refractivity contribution is 0.174. The molecule has 0 fully saturated rings. The fraction of sp³-hybridized carbons (Fsp3) is 0.500. The summed E-state index contributed by atoms with van der Waals surface area (Å²) < 4.78 is 0. The predicted octanol–water partition coefficient (Wildman–Crippen LogP) is 2.79. The van der Waals surface area contributed by atoms with Crippen LogP contribution in [0.5, 0.6) is 0 Å². The molecule has 1 aromatic rings. The largest absolute Gasteiger partial charge is 0.388 e. The van der Waals surface area contributed by atoms with Crippen LogP contribution in [0.15, 0.2) is 18.2 Å². The molecule has 0 aromatic heterocycles. The van der Waals surface area contributed by atoms with Crippen LogP contribution in [-0.4, -0.2) is 5.11 Å². The molecule has 2 rings (SSSR count). The van der Waals surface area contributed by atoms with Crippen LogP contribution in [0.25, 0.3) is 0 Å². The van der Waals surface area contributed by atoms with Gasteiger partial charge in [-0.2, -0.15) is 0 Å². The molecule has 0 saturated carbocycles. The Morgan fingerprint density at radius 2 is 2.15 bits per heavy atom. The maximum atomic E-state index is 9.77. The van der Waals surface area contributed by atoms with Crippen LogP contribution in [0.4, 0.5) is 0 Å². The number of hydrogen-bond donors (Lipinski definition) is 1. The smallest absolute Gasteiger partial charge is 0.0798 e. The van der Waals surface area contributed by atoms with Gasteiger partial charge in [0.1, 0.15) is 0 Å². The number of aliphatic hydroxyl groups is 1. The van der Waals surface area contributed by atoms with E-state index >= 15 is 0 Å². The summed E-state index contributed by atoms with van der Waals surface area (Å²) in [5.41, 5.74) is 3.82. The lowest BCUT2D eigenvalue weighted by Crippen LogP contribution is -1.91. The van der Waals surface area contributed by atoms with Crippen molar-refractivity contribution < 1.29 is 5.11 Å². The van der Waals surface area contributed by atoms with Crippen molar-refractivity contribution in [3.8, 4) is 0 Å². The number of fused-ring (bicyclic) bond motifs is 1. The van der Waals surface area contributed by atoms with Gasteiger partial charge in [0.25, 0.3) is 0 Å². The molecular weight excluding hydrogens is 160 g/mol. The molecule has 2 atom stereocenters. The number of benzene rings is 1. The minimum Gasteiger partial charge on any atom is -0.388 e. The van der Waals surface area contributed by atoms with E-state index in [9.17, 15) is 5.11 Å². The molecule has 70 valence electrons. The molecule has 0 aliphatic heterocycles. The maximum absolute atomic E-state index is 9.77. The molecule has 0 spiro atoms. The molecule has 13 heavy (non-hydrogen) atoms. The molecule has 2 unspecified atom stereocenters. The average Bonchev–Trinajstić information content (AvgIpc) is 2.42. The molecular formula is C12H16O. The van der Waals surface area contributed by atoms with Crippen molar-refractivity contribution in [3.63, 3.8) is 0 Å². The molecule has 0 bridgehead atoms. The quantitative estimate of drug-likeness (QED) is 0.697. The molecule has 0 heterocycles. The first-order valence-electron chi connectivity index (χ1n) is 5.03. The minimum atomic E-state index is -0.225. The standard InChI is InChI=1S/C12H16O/c1-3-9-4-5-10-8(2)6-12(13)11(10)7-9/h4-5,7-8,12-13H,3,6H2,1-2H3. The average molecular weight is 176 g/mol. The van der Waals surface area contributed by atoms with Crippen molar-refractivity contribution in [2.75, 3.05) is 0 Å². The molecule has 1 heteroatoms. The van der Waals surface area contributed by atoms with Crippen molar-refractivity contribution in [3.05, 3.63) is 34.9 Å². The Balaban J connectivity index is 2.46. The van der Waals surface area contributed by atoms with Gasteiger partial charge in [-0.05, 0) is 35.4 Å². The van der Waals surface area contributed by atoms with Crippen LogP contribution in [0, 0.1) is 0 Å². The lowest BCUT2D eigenvalue weighted by atomic mass is 10.0. The van der Waals surface area contributed by atoms with Crippen molar-refractivity contribution in [2.45, 2.75) is 38.7 Å². The number of hydrogen-bond acceptors (Lipinski definition) is 1.